The molecule has 1 fully saturated rings. The molecule has 0 amide bonds. The van der Waals surface area contributed by atoms with Crippen molar-refractivity contribution in [3.05, 3.63) is 39.9 Å². The Labute approximate surface area is 104 Å². The van der Waals surface area contributed by atoms with Gasteiger partial charge in [0.1, 0.15) is 0 Å². The Kier molecular flexibility index (Phi) is 4.01. The highest BCUT2D eigenvalue weighted by Gasteiger charge is 2.19. The van der Waals surface area contributed by atoms with Crippen molar-refractivity contribution in [2.75, 3.05) is 19.8 Å². The number of hydrogen-bond acceptors (Lipinski definition) is 5. The number of morpholine rings is 1. The van der Waals surface area contributed by atoms with E-state index < -0.39 is 4.92 Å². The van der Waals surface area contributed by atoms with Gasteiger partial charge in [0.25, 0.3) is 5.69 Å². The predicted molar refractivity (Wildman–Crippen MR) is 64.7 cm³/mol. The SMILES string of the molecule is O=C(CC1COCCN1)c1cccc([N+](=O)[O-])c1. The van der Waals surface area contributed by atoms with Crippen molar-refractivity contribution < 1.29 is 14.5 Å². The minimum Gasteiger partial charge on any atom is -0.378 e. The fraction of sp³-hybridized carbons (Fsp3) is 0.417. The second kappa shape index (κ2) is 5.70. The molecule has 2 rings (SSSR count). The normalized spacial score (nSPS) is 19.4. The zero-order valence-corrected chi connectivity index (χ0v) is 9.80. The summed E-state index contributed by atoms with van der Waals surface area (Å²) in [5.74, 6) is -0.110. The van der Waals surface area contributed by atoms with Crippen molar-refractivity contribution in [3.8, 4) is 0 Å². The standard InChI is InChI=1S/C12H14N2O4/c15-12(7-10-8-18-5-4-13-10)9-2-1-3-11(6-9)14(16)17/h1-3,6,10,13H,4-5,7-8H2. The lowest BCUT2D eigenvalue weighted by Gasteiger charge is -2.23. The van der Waals surface area contributed by atoms with Gasteiger partial charge in [-0.2, -0.15) is 0 Å². The van der Waals surface area contributed by atoms with Crippen molar-refractivity contribution in [2.45, 2.75) is 12.5 Å². The highest BCUT2D eigenvalue weighted by molar-refractivity contribution is 5.97. The zero-order chi connectivity index (χ0) is 13.0. The summed E-state index contributed by atoms with van der Waals surface area (Å²) in [7, 11) is 0. The molecule has 6 heteroatoms. The Morgan fingerprint density at radius 1 is 1.56 bits per heavy atom. The molecule has 1 atom stereocenters. The van der Waals surface area contributed by atoms with E-state index in [-0.39, 0.29) is 17.5 Å². The van der Waals surface area contributed by atoms with Crippen LogP contribution in [-0.4, -0.2) is 36.5 Å². The molecule has 0 aliphatic carbocycles. The quantitative estimate of drug-likeness (QED) is 0.492. The number of nitrogens with zero attached hydrogens (tertiary/aromatic N) is 1. The lowest BCUT2D eigenvalue weighted by atomic mass is 10.0. The van der Waals surface area contributed by atoms with Crippen LogP contribution in [0, 0.1) is 10.1 Å². The van der Waals surface area contributed by atoms with Gasteiger partial charge in [0.05, 0.1) is 18.1 Å². The maximum atomic E-state index is 12.0. The first-order valence-electron chi connectivity index (χ1n) is 5.75. The summed E-state index contributed by atoms with van der Waals surface area (Å²) in [4.78, 5) is 22.1. The first-order valence-corrected chi connectivity index (χ1v) is 5.75. The van der Waals surface area contributed by atoms with E-state index in [2.05, 4.69) is 5.32 Å². The van der Waals surface area contributed by atoms with Crippen LogP contribution >= 0.6 is 0 Å². The number of ketones is 1. The third-order valence-corrected chi connectivity index (χ3v) is 2.81. The third-order valence-electron chi connectivity index (χ3n) is 2.81. The number of Topliss-reactive ketones (excluding diaryl/α,β-unsaturated/α-hetero) is 1. The molecule has 1 heterocycles. The summed E-state index contributed by atoms with van der Waals surface area (Å²) in [6.45, 7) is 1.88. The summed E-state index contributed by atoms with van der Waals surface area (Å²) < 4.78 is 5.26. The van der Waals surface area contributed by atoms with Crippen molar-refractivity contribution in [3.63, 3.8) is 0 Å². The van der Waals surface area contributed by atoms with E-state index in [1.165, 1.54) is 18.2 Å². The molecular weight excluding hydrogens is 236 g/mol. The Morgan fingerprint density at radius 3 is 3.06 bits per heavy atom. The Balaban J connectivity index is 2.03. The number of hydrogen-bond donors (Lipinski definition) is 1. The number of nitro benzene ring substituents is 1. The second-order valence-corrected chi connectivity index (χ2v) is 4.16. The van der Waals surface area contributed by atoms with E-state index in [1.54, 1.807) is 6.07 Å². The molecule has 18 heavy (non-hydrogen) atoms. The lowest BCUT2D eigenvalue weighted by molar-refractivity contribution is -0.384. The van der Waals surface area contributed by atoms with Crippen LogP contribution in [-0.2, 0) is 4.74 Å². The summed E-state index contributed by atoms with van der Waals surface area (Å²) in [6, 6.07) is 5.80. The average Bonchev–Trinajstić information content (AvgIpc) is 2.40. The summed E-state index contributed by atoms with van der Waals surface area (Å²) >= 11 is 0. The molecule has 6 nitrogen and oxygen atoms in total. The summed E-state index contributed by atoms with van der Waals surface area (Å²) in [5, 5.41) is 13.8. The van der Waals surface area contributed by atoms with Gasteiger partial charge >= 0.3 is 0 Å². The molecule has 0 radical (unpaired) electrons. The minimum absolute atomic E-state index is 0.00878. The Hall–Kier alpha value is -1.79. The molecule has 1 N–H and O–H groups in total. The zero-order valence-electron chi connectivity index (χ0n) is 9.80. The van der Waals surface area contributed by atoms with E-state index in [0.29, 0.717) is 25.2 Å². The lowest BCUT2D eigenvalue weighted by Crippen LogP contribution is -2.42. The van der Waals surface area contributed by atoms with Gasteiger partial charge in [-0.05, 0) is 0 Å². The van der Waals surface area contributed by atoms with Gasteiger partial charge in [0.2, 0.25) is 0 Å². The summed E-state index contributed by atoms with van der Waals surface area (Å²) in [6.07, 6.45) is 0.293. The molecule has 0 aromatic heterocycles. The number of non-ortho nitro benzene ring substituents is 1. The number of nitro groups is 1. The minimum atomic E-state index is -0.501. The van der Waals surface area contributed by atoms with Gasteiger partial charge in [-0.25, -0.2) is 0 Å². The number of carbonyl (C=O) groups excluding carboxylic acids is 1. The number of rotatable bonds is 4. The number of ether oxygens (including phenoxy) is 1. The van der Waals surface area contributed by atoms with Crippen LogP contribution in [0.4, 0.5) is 5.69 Å². The van der Waals surface area contributed by atoms with E-state index in [9.17, 15) is 14.9 Å². The van der Waals surface area contributed by atoms with Crippen LogP contribution in [0.3, 0.4) is 0 Å². The van der Waals surface area contributed by atoms with Crippen LogP contribution in [0.25, 0.3) is 0 Å². The maximum Gasteiger partial charge on any atom is 0.270 e. The monoisotopic (exact) mass is 250 g/mol. The van der Waals surface area contributed by atoms with Crippen molar-refractivity contribution >= 4 is 11.5 Å². The van der Waals surface area contributed by atoms with Gasteiger partial charge in [-0.15, -0.1) is 0 Å². The first-order chi connectivity index (χ1) is 8.66. The predicted octanol–water partition coefficient (Wildman–Crippen LogP) is 1.16. The average molecular weight is 250 g/mol. The smallest absolute Gasteiger partial charge is 0.270 e. The molecule has 0 spiro atoms. The molecule has 0 saturated carbocycles. The van der Waals surface area contributed by atoms with Gasteiger partial charge in [0.15, 0.2) is 5.78 Å². The van der Waals surface area contributed by atoms with Crippen LogP contribution in [0.5, 0.6) is 0 Å². The van der Waals surface area contributed by atoms with Crippen molar-refractivity contribution in [1.82, 2.24) is 5.32 Å². The van der Waals surface area contributed by atoms with Crippen LogP contribution in [0.2, 0.25) is 0 Å². The molecular formula is C12H14N2O4. The third kappa shape index (κ3) is 3.12. The fourth-order valence-electron chi connectivity index (χ4n) is 1.89. The van der Waals surface area contributed by atoms with Gasteiger partial charge < -0.3 is 10.1 Å². The second-order valence-electron chi connectivity index (χ2n) is 4.16. The number of nitrogens with one attached hydrogen (secondary N) is 1. The van der Waals surface area contributed by atoms with Gasteiger partial charge in [0, 0.05) is 36.7 Å². The van der Waals surface area contributed by atoms with Gasteiger partial charge in [-0.1, -0.05) is 12.1 Å². The Bertz CT molecular complexity index is 455. The molecule has 1 unspecified atom stereocenters. The fourth-order valence-corrected chi connectivity index (χ4v) is 1.89. The molecule has 1 saturated heterocycles. The highest BCUT2D eigenvalue weighted by atomic mass is 16.6. The molecule has 0 bridgehead atoms. The molecule has 1 aromatic carbocycles. The number of carbonyl (C=O) groups is 1. The topological polar surface area (TPSA) is 81.5 Å². The molecule has 96 valence electrons. The van der Waals surface area contributed by atoms with Crippen LogP contribution in [0.1, 0.15) is 16.8 Å². The van der Waals surface area contributed by atoms with Crippen LogP contribution in [0.15, 0.2) is 24.3 Å². The largest absolute Gasteiger partial charge is 0.378 e. The van der Waals surface area contributed by atoms with E-state index in [4.69, 9.17) is 4.74 Å². The van der Waals surface area contributed by atoms with Gasteiger partial charge in [-0.3, -0.25) is 14.9 Å². The highest BCUT2D eigenvalue weighted by Crippen LogP contribution is 2.15. The maximum absolute atomic E-state index is 12.0. The van der Waals surface area contributed by atoms with Crippen LogP contribution < -0.4 is 5.32 Å². The van der Waals surface area contributed by atoms with Crippen molar-refractivity contribution in [1.29, 1.82) is 0 Å². The molecule has 1 aliphatic heterocycles. The van der Waals surface area contributed by atoms with E-state index in [0.717, 1.165) is 6.54 Å². The van der Waals surface area contributed by atoms with Crippen molar-refractivity contribution in [2.24, 2.45) is 0 Å². The molecule has 1 aromatic rings. The summed E-state index contributed by atoms with van der Waals surface area (Å²) in [5.41, 5.74) is 0.310. The molecule has 1 aliphatic rings. The van der Waals surface area contributed by atoms with E-state index in [1.807, 2.05) is 0 Å². The van der Waals surface area contributed by atoms with E-state index >= 15 is 0 Å². The Morgan fingerprint density at radius 2 is 2.39 bits per heavy atom. The first kappa shape index (κ1) is 12.7. The number of benzene rings is 1.